The van der Waals surface area contributed by atoms with Crippen LogP contribution in [0, 0.1) is 5.82 Å². The highest BCUT2D eigenvalue weighted by Gasteiger charge is 2.58. The van der Waals surface area contributed by atoms with Crippen LogP contribution in [0.2, 0.25) is 0 Å². The molecule has 0 aromatic heterocycles. The summed E-state index contributed by atoms with van der Waals surface area (Å²) in [6.07, 6.45) is -4.08. The lowest BCUT2D eigenvalue weighted by Crippen LogP contribution is -2.66. The molecule has 2 saturated heterocycles. The van der Waals surface area contributed by atoms with Crippen LogP contribution in [0.25, 0.3) is 0 Å². The molecular weight excluding hydrogens is 413 g/mol. The molecule has 2 fully saturated rings. The third-order valence-electron chi connectivity index (χ3n) is 5.32. The van der Waals surface area contributed by atoms with Gasteiger partial charge in [-0.3, -0.25) is 14.3 Å². The summed E-state index contributed by atoms with van der Waals surface area (Å²) >= 11 is 0. The van der Waals surface area contributed by atoms with Gasteiger partial charge in [-0.1, -0.05) is 30.3 Å². The fourth-order valence-corrected chi connectivity index (χ4v) is 3.85. The van der Waals surface area contributed by atoms with Gasteiger partial charge in [0.25, 0.3) is 0 Å². The highest BCUT2D eigenvalue weighted by molar-refractivity contribution is 5.98. The summed E-state index contributed by atoms with van der Waals surface area (Å²) in [6.45, 7) is -0.217. The molecule has 0 saturated carbocycles. The van der Waals surface area contributed by atoms with Crippen LogP contribution in [0.1, 0.15) is 5.56 Å². The van der Waals surface area contributed by atoms with Crippen molar-refractivity contribution in [1.82, 2.24) is 4.90 Å². The van der Waals surface area contributed by atoms with Crippen LogP contribution in [0.5, 0.6) is 0 Å². The second-order valence-corrected chi connectivity index (χ2v) is 7.70. The maximum absolute atomic E-state index is 14.6. The number of para-hydroxylation sites is 1. The Labute approximate surface area is 177 Å². The molecule has 6 nitrogen and oxygen atoms in total. The van der Waals surface area contributed by atoms with Gasteiger partial charge in [0, 0.05) is 12.2 Å². The number of ether oxygens (including phenoxy) is 2. The number of hydrogen-bond acceptors (Lipinski definition) is 4. The van der Waals surface area contributed by atoms with E-state index in [1.165, 1.54) is 29.2 Å². The Morgan fingerprint density at radius 3 is 2.45 bits per heavy atom. The topological polar surface area (TPSA) is 59.1 Å². The minimum absolute atomic E-state index is 0.0198. The number of benzene rings is 2. The highest BCUT2D eigenvalue weighted by Crippen LogP contribution is 2.36. The number of halogens is 3. The van der Waals surface area contributed by atoms with Crippen LogP contribution >= 0.6 is 0 Å². The standard InChI is InChI=1S/C22H21F3N2O4/c23-17-8-6-16(7-9-17)12-19(28)26-10-11-30-15-21(13-26)14-27(18-4-2-1-3-5-18)20(29)22(24,25)31-21/h1-9H,10-15H2. The molecule has 2 heterocycles. The highest BCUT2D eigenvalue weighted by atomic mass is 19.3. The molecule has 2 amide bonds. The van der Waals surface area contributed by atoms with Gasteiger partial charge in [-0.2, -0.15) is 8.78 Å². The van der Waals surface area contributed by atoms with Crippen molar-refractivity contribution >= 4 is 17.5 Å². The van der Waals surface area contributed by atoms with E-state index in [-0.39, 0.29) is 45.2 Å². The Morgan fingerprint density at radius 2 is 1.74 bits per heavy atom. The minimum Gasteiger partial charge on any atom is -0.376 e. The first-order chi connectivity index (χ1) is 14.8. The van der Waals surface area contributed by atoms with Crippen molar-refractivity contribution in [2.24, 2.45) is 0 Å². The maximum Gasteiger partial charge on any atom is 0.437 e. The van der Waals surface area contributed by atoms with E-state index in [1.807, 2.05) is 0 Å². The quantitative estimate of drug-likeness (QED) is 0.746. The van der Waals surface area contributed by atoms with Gasteiger partial charge in [-0.15, -0.1) is 0 Å². The van der Waals surface area contributed by atoms with E-state index < -0.39 is 23.4 Å². The molecule has 0 radical (unpaired) electrons. The lowest BCUT2D eigenvalue weighted by Gasteiger charge is -2.45. The molecule has 2 aromatic carbocycles. The zero-order valence-corrected chi connectivity index (χ0v) is 16.6. The van der Waals surface area contributed by atoms with Gasteiger partial charge in [0.05, 0.1) is 32.7 Å². The Morgan fingerprint density at radius 1 is 1.03 bits per heavy atom. The van der Waals surface area contributed by atoms with Crippen LogP contribution in [0.3, 0.4) is 0 Å². The Kier molecular flexibility index (Phi) is 5.72. The van der Waals surface area contributed by atoms with Crippen molar-refractivity contribution in [2.45, 2.75) is 18.1 Å². The Balaban J connectivity index is 1.58. The number of hydrogen-bond donors (Lipinski definition) is 0. The monoisotopic (exact) mass is 434 g/mol. The number of rotatable bonds is 3. The lowest BCUT2D eigenvalue weighted by atomic mass is 10.00. The van der Waals surface area contributed by atoms with Crippen LogP contribution < -0.4 is 4.90 Å². The molecule has 9 heteroatoms. The van der Waals surface area contributed by atoms with Crippen LogP contribution in [0.4, 0.5) is 18.9 Å². The summed E-state index contributed by atoms with van der Waals surface area (Å²) in [7, 11) is 0. The second kappa shape index (κ2) is 8.32. The summed E-state index contributed by atoms with van der Waals surface area (Å²) in [4.78, 5) is 27.6. The van der Waals surface area contributed by atoms with E-state index in [0.717, 1.165) is 4.90 Å². The minimum atomic E-state index is -4.06. The Bertz CT molecular complexity index is 955. The summed E-state index contributed by atoms with van der Waals surface area (Å²) in [5.74, 6) is -2.20. The zero-order valence-electron chi connectivity index (χ0n) is 16.6. The van der Waals surface area contributed by atoms with Gasteiger partial charge in [0.2, 0.25) is 5.91 Å². The number of carbonyl (C=O) groups excluding carboxylic acids is 2. The summed E-state index contributed by atoms with van der Waals surface area (Å²) in [5.41, 5.74) is -0.688. The van der Waals surface area contributed by atoms with Gasteiger partial charge in [-0.05, 0) is 29.8 Å². The molecule has 2 aliphatic heterocycles. The predicted octanol–water partition coefficient (Wildman–Crippen LogP) is 2.62. The third kappa shape index (κ3) is 4.57. The average Bonchev–Trinajstić information content (AvgIpc) is 2.95. The molecule has 164 valence electrons. The van der Waals surface area contributed by atoms with Gasteiger partial charge >= 0.3 is 12.0 Å². The van der Waals surface area contributed by atoms with Crippen LogP contribution in [-0.4, -0.2) is 61.3 Å². The van der Waals surface area contributed by atoms with Crippen LogP contribution in [0.15, 0.2) is 54.6 Å². The lowest BCUT2D eigenvalue weighted by molar-refractivity contribution is -0.293. The van der Waals surface area contributed by atoms with Gasteiger partial charge in [0.1, 0.15) is 11.4 Å². The molecule has 0 bridgehead atoms. The maximum atomic E-state index is 14.6. The van der Waals surface area contributed by atoms with E-state index in [4.69, 9.17) is 9.47 Å². The summed E-state index contributed by atoms with van der Waals surface area (Å²) in [6, 6.07) is 13.6. The molecule has 0 aliphatic carbocycles. The van der Waals surface area contributed by atoms with Crippen molar-refractivity contribution in [3.63, 3.8) is 0 Å². The predicted molar refractivity (Wildman–Crippen MR) is 105 cm³/mol. The molecule has 4 rings (SSSR count). The molecular formula is C22H21F3N2O4. The van der Waals surface area contributed by atoms with Crippen LogP contribution in [-0.2, 0) is 25.5 Å². The van der Waals surface area contributed by atoms with Crippen molar-refractivity contribution in [2.75, 3.05) is 37.7 Å². The fraction of sp³-hybridized carbons (Fsp3) is 0.364. The average molecular weight is 434 g/mol. The van der Waals surface area contributed by atoms with Gasteiger partial charge < -0.3 is 14.5 Å². The first-order valence-electron chi connectivity index (χ1n) is 9.83. The van der Waals surface area contributed by atoms with E-state index in [2.05, 4.69) is 0 Å². The zero-order chi connectivity index (χ0) is 22.1. The largest absolute Gasteiger partial charge is 0.437 e. The third-order valence-corrected chi connectivity index (χ3v) is 5.32. The van der Waals surface area contributed by atoms with Crippen molar-refractivity contribution in [3.05, 3.63) is 66.0 Å². The molecule has 1 unspecified atom stereocenters. The summed E-state index contributed by atoms with van der Waals surface area (Å²) in [5, 5.41) is 0. The number of carbonyl (C=O) groups is 2. The first-order valence-corrected chi connectivity index (χ1v) is 9.83. The van der Waals surface area contributed by atoms with E-state index in [1.54, 1.807) is 30.3 Å². The van der Waals surface area contributed by atoms with Crippen molar-refractivity contribution in [1.29, 1.82) is 0 Å². The van der Waals surface area contributed by atoms with Gasteiger partial charge in [-0.25, -0.2) is 4.39 Å². The van der Waals surface area contributed by atoms with Gasteiger partial charge in [0.15, 0.2) is 0 Å². The number of alkyl halides is 2. The second-order valence-electron chi connectivity index (χ2n) is 7.70. The Hall–Kier alpha value is -2.91. The molecule has 0 N–H and O–H groups in total. The van der Waals surface area contributed by atoms with E-state index >= 15 is 0 Å². The molecule has 2 aromatic rings. The molecule has 1 atom stereocenters. The normalized spacial score (nSPS) is 23.6. The van der Waals surface area contributed by atoms with E-state index in [0.29, 0.717) is 11.3 Å². The van der Waals surface area contributed by atoms with Crippen molar-refractivity contribution < 1.29 is 32.2 Å². The number of nitrogens with zero attached hydrogens (tertiary/aromatic N) is 2. The molecule has 31 heavy (non-hydrogen) atoms. The number of anilines is 1. The SMILES string of the molecule is O=C(Cc1ccc(F)cc1)N1CCOCC2(C1)CN(c1ccccc1)C(=O)C(F)(F)O2. The number of morpholine rings is 1. The number of amides is 2. The molecule has 1 spiro atoms. The summed E-state index contributed by atoms with van der Waals surface area (Å²) < 4.78 is 52.8. The van der Waals surface area contributed by atoms with Crippen molar-refractivity contribution in [3.8, 4) is 0 Å². The fourth-order valence-electron chi connectivity index (χ4n) is 3.85. The smallest absolute Gasteiger partial charge is 0.376 e. The molecule has 2 aliphatic rings. The first kappa shape index (κ1) is 21.3. The van der Waals surface area contributed by atoms with E-state index in [9.17, 15) is 22.8 Å².